The molecule has 1 saturated heterocycles. The molecule has 0 radical (unpaired) electrons. The van der Waals surface area contributed by atoms with Crippen LogP contribution in [0.5, 0.6) is 0 Å². The maximum atomic E-state index is 13.7. The van der Waals surface area contributed by atoms with Gasteiger partial charge in [-0.2, -0.15) is 0 Å². The predicted molar refractivity (Wildman–Crippen MR) is 60.6 cm³/mol. The van der Waals surface area contributed by atoms with Gasteiger partial charge in [0.25, 0.3) is 5.92 Å². The van der Waals surface area contributed by atoms with Gasteiger partial charge in [-0.1, -0.05) is 12.5 Å². The zero-order valence-electron chi connectivity index (χ0n) is 9.77. The van der Waals surface area contributed by atoms with Crippen LogP contribution < -0.4 is 5.32 Å². The predicted octanol–water partition coefficient (Wildman–Crippen LogP) is 3.75. The standard InChI is InChI=1S/C13H16F3N/c1-13(15,16)9-5-6-11(14)10(8-9)12-4-2-3-7-17-12/h5-6,8,12,17H,2-4,7H2,1H3. The molecule has 1 aromatic rings. The van der Waals surface area contributed by atoms with Crippen molar-refractivity contribution in [3.05, 3.63) is 35.1 Å². The minimum atomic E-state index is -2.92. The number of rotatable bonds is 2. The lowest BCUT2D eigenvalue weighted by Gasteiger charge is -2.25. The Labute approximate surface area is 99.0 Å². The number of nitrogens with one attached hydrogen (secondary N) is 1. The average Bonchev–Trinajstić information content (AvgIpc) is 2.29. The van der Waals surface area contributed by atoms with E-state index >= 15 is 0 Å². The summed E-state index contributed by atoms with van der Waals surface area (Å²) in [6.45, 7) is 1.65. The molecule has 1 nitrogen and oxygen atoms in total. The lowest BCUT2D eigenvalue weighted by Crippen LogP contribution is -2.27. The topological polar surface area (TPSA) is 12.0 Å². The van der Waals surface area contributed by atoms with Crippen molar-refractivity contribution in [1.82, 2.24) is 5.32 Å². The highest BCUT2D eigenvalue weighted by Crippen LogP contribution is 2.32. The second-order valence-electron chi connectivity index (χ2n) is 4.63. The van der Waals surface area contributed by atoms with Crippen LogP contribution in [0, 0.1) is 5.82 Å². The molecule has 0 spiro atoms. The minimum absolute atomic E-state index is 0.124. The lowest BCUT2D eigenvalue weighted by atomic mass is 9.94. The van der Waals surface area contributed by atoms with E-state index < -0.39 is 11.7 Å². The van der Waals surface area contributed by atoms with E-state index in [1.807, 2.05) is 0 Å². The highest BCUT2D eigenvalue weighted by atomic mass is 19.3. The van der Waals surface area contributed by atoms with Crippen LogP contribution in [0.1, 0.15) is 43.4 Å². The molecular weight excluding hydrogens is 227 g/mol. The summed E-state index contributed by atoms with van der Waals surface area (Å²) < 4.78 is 40.0. The van der Waals surface area contributed by atoms with Gasteiger partial charge in [-0.25, -0.2) is 13.2 Å². The fourth-order valence-electron chi connectivity index (χ4n) is 2.20. The minimum Gasteiger partial charge on any atom is -0.310 e. The van der Waals surface area contributed by atoms with E-state index in [1.165, 1.54) is 6.07 Å². The SMILES string of the molecule is CC(F)(F)c1ccc(F)c(C2CCCCN2)c1. The van der Waals surface area contributed by atoms with Crippen molar-refractivity contribution in [3.63, 3.8) is 0 Å². The molecule has 4 heteroatoms. The number of piperidine rings is 1. The number of benzene rings is 1. The molecule has 1 aromatic carbocycles. The Bertz CT molecular complexity index is 392. The first-order valence-corrected chi connectivity index (χ1v) is 5.89. The Kier molecular flexibility index (Phi) is 3.43. The molecule has 1 fully saturated rings. The molecule has 94 valence electrons. The van der Waals surface area contributed by atoms with Gasteiger partial charge < -0.3 is 5.32 Å². The van der Waals surface area contributed by atoms with Gasteiger partial charge >= 0.3 is 0 Å². The van der Waals surface area contributed by atoms with Crippen molar-refractivity contribution >= 4 is 0 Å². The van der Waals surface area contributed by atoms with Gasteiger partial charge in [0, 0.05) is 24.1 Å². The van der Waals surface area contributed by atoms with Gasteiger partial charge in [0.05, 0.1) is 0 Å². The molecule has 0 saturated carbocycles. The van der Waals surface area contributed by atoms with E-state index in [4.69, 9.17) is 0 Å². The first-order chi connectivity index (χ1) is 7.98. The third kappa shape index (κ3) is 2.80. The van der Waals surface area contributed by atoms with Crippen molar-refractivity contribution < 1.29 is 13.2 Å². The van der Waals surface area contributed by atoms with Crippen molar-refractivity contribution in [2.75, 3.05) is 6.54 Å². The first-order valence-electron chi connectivity index (χ1n) is 5.89. The van der Waals surface area contributed by atoms with Gasteiger partial charge in [0.15, 0.2) is 0 Å². The molecule has 1 atom stereocenters. The van der Waals surface area contributed by atoms with E-state index in [1.54, 1.807) is 0 Å². The van der Waals surface area contributed by atoms with Crippen molar-refractivity contribution in [1.29, 1.82) is 0 Å². The molecule has 0 bridgehead atoms. The van der Waals surface area contributed by atoms with Gasteiger partial charge in [-0.3, -0.25) is 0 Å². The van der Waals surface area contributed by atoms with Crippen LogP contribution in [0.2, 0.25) is 0 Å². The maximum Gasteiger partial charge on any atom is 0.270 e. The summed E-state index contributed by atoms with van der Waals surface area (Å²) in [6.07, 6.45) is 2.86. The summed E-state index contributed by atoms with van der Waals surface area (Å²) >= 11 is 0. The van der Waals surface area contributed by atoms with Crippen molar-refractivity contribution in [2.24, 2.45) is 0 Å². The molecule has 0 amide bonds. The molecule has 1 aliphatic heterocycles. The quantitative estimate of drug-likeness (QED) is 0.834. The normalized spacial score (nSPS) is 21.5. The number of hydrogen-bond donors (Lipinski definition) is 1. The molecule has 1 unspecified atom stereocenters. The summed E-state index contributed by atoms with van der Waals surface area (Å²) in [7, 11) is 0. The number of halogens is 3. The Morgan fingerprint density at radius 2 is 2.06 bits per heavy atom. The third-order valence-electron chi connectivity index (χ3n) is 3.19. The van der Waals surface area contributed by atoms with E-state index in [0.717, 1.165) is 44.9 Å². The Balaban J connectivity index is 2.31. The molecule has 0 aromatic heterocycles. The Morgan fingerprint density at radius 3 is 2.65 bits per heavy atom. The summed E-state index contributed by atoms with van der Waals surface area (Å²) in [4.78, 5) is 0. The fourth-order valence-corrected chi connectivity index (χ4v) is 2.20. The number of alkyl halides is 2. The van der Waals surface area contributed by atoms with Gasteiger partial charge in [-0.15, -0.1) is 0 Å². The summed E-state index contributed by atoms with van der Waals surface area (Å²) in [5.74, 6) is -3.32. The van der Waals surface area contributed by atoms with Crippen molar-refractivity contribution in [3.8, 4) is 0 Å². The smallest absolute Gasteiger partial charge is 0.270 e. The summed E-state index contributed by atoms with van der Waals surface area (Å²) in [6, 6.07) is 3.45. The lowest BCUT2D eigenvalue weighted by molar-refractivity contribution is 0.0173. The van der Waals surface area contributed by atoms with E-state index in [2.05, 4.69) is 5.32 Å². The van der Waals surface area contributed by atoms with Crippen LogP contribution in [0.15, 0.2) is 18.2 Å². The third-order valence-corrected chi connectivity index (χ3v) is 3.19. The second-order valence-corrected chi connectivity index (χ2v) is 4.63. The van der Waals surface area contributed by atoms with Gasteiger partial charge in [0.2, 0.25) is 0 Å². The molecule has 1 heterocycles. The largest absolute Gasteiger partial charge is 0.310 e. The van der Waals surface area contributed by atoms with Crippen LogP contribution in [0.4, 0.5) is 13.2 Å². The molecule has 0 aliphatic carbocycles. The fraction of sp³-hybridized carbons (Fsp3) is 0.538. The molecule has 1 N–H and O–H groups in total. The average molecular weight is 243 g/mol. The Morgan fingerprint density at radius 1 is 1.29 bits per heavy atom. The van der Waals surface area contributed by atoms with E-state index in [0.29, 0.717) is 5.56 Å². The van der Waals surface area contributed by atoms with Gasteiger partial charge in [-0.05, 0) is 31.5 Å². The Hall–Kier alpha value is -1.03. The molecule has 1 aliphatic rings. The van der Waals surface area contributed by atoms with Crippen LogP contribution in [0.3, 0.4) is 0 Å². The zero-order valence-corrected chi connectivity index (χ0v) is 9.77. The van der Waals surface area contributed by atoms with Crippen LogP contribution in [0.25, 0.3) is 0 Å². The summed E-state index contributed by atoms with van der Waals surface area (Å²) in [5, 5.41) is 3.17. The van der Waals surface area contributed by atoms with Crippen LogP contribution in [-0.4, -0.2) is 6.54 Å². The van der Waals surface area contributed by atoms with Gasteiger partial charge in [0.1, 0.15) is 5.82 Å². The van der Waals surface area contributed by atoms with Crippen molar-refractivity contribution in [2.45, 2.75) is 38.2 Å². The summed E-state index contributed by atoms with van der Waals surface area (Å²) in [5.41, 5.74) is 0.241. The van der Waals surface area contributed by atoms with E-state index in [-0.39, 0.29) is 11.6 Å². The van der Waals surface area contributed by atoms with Crippen LogP contribution in [-0.2, 0) is 5.92 Å². The molecule has 2 rings (SSSR count). The highest BCUT2D eigenvalue weighted by molar-refractivity contribution is 5.30. The number of hydrogen-bond acceptors (Lipinski definition) is 1. The zero-order chi connectivity index (χ0) is 12.5. The van der Waals surface area contributed by atoms with Crippen LogP contribution >= 0.6 is 0 Å². The maximum absolute atomic E-state index is 13.7. The monoisotopic (exact) mass is 243 g/mol. The second kappa shape index (κ2) is 4.69. The molecular formula is C13H16F3N. The highest BCUT2D eigenvalue weighted by Gasteiger charge is 2.27. The van der Waals surface area contributed by atoms with E-state index in [9.17, 15) is 13.2 Å². The molecule has 17 heavy (non-hydrogen) atoms. The first kappa shape index (κ1) is 12.4.